The second-order valence-corrected chi connectivity index (χ2v) is 8.65. The van der Waals surface area contributed by atoms with Gasteiger partial charge in [0.15, 0.2) is 0 Å². The van der Waals surface area contributed by atoms with Crippen molar-refractivity contribution >= 4 is 17.0 Å². The number of nitrogens with zero attached hydrogens (tertiary/aromatic N) is 1. The number of para-hydroxylation sites is 1. The van der Waals surface area contributed by atoms with Crippen LogP contribution in [0.4, 0.5) is 5.69 Å². The SMILES string of the molecule is CC(C)(C)c1ncc(CNc2ccccc2C(C)(C)C)s1. The van der Waals surface area contributed by atoms with E-state index in [1.165, 1.54) is 21.1 Å². The van der Waals surface area contributed by atoms with Gasteiger partial charge in [-0.15, -0.1) is 11.3 Å². The van der Waals surface area contributed by atoms with E-state index in [0.29, 0.717) is 0 Å². The number of aromatic nitrogens is 1. The quantitative estimate of drug-likeness (QED) is 0.826. The van der Waals surface area contributed by atoms with E-state index in [9.17, 15) is 0 Å². The molecule has 0 saturated carbocycles. The molecule has 0 aliphatic rings. The van der Waals surface area contributed by atoms with Crippen molar-refractivity contribution in [1.29, 1.82) is 0 Å². The van der Waals surface area contributed by atoms with Gasteiger partial charge in [-0.1, -0.05) is 59.7 Å². The van der Waals surface area contributed by atoms with E-state index < -0.39 is 0 Å². The molecule has 2 aromatic rings. The number of rotatable bonds is 3. The standard InChI is InChI=1S/C18H26N2S/c1-17(2,3)14-9-7-8-10-15(14)19-11-13-12-20-16(21-13)18(4,5)6/h7-10,12,19H,11H2,1-6H3. The van der Waals surface area contributed by atoms with Crippen molar-refractivity contribution in [3.63, 3.8) is 0 Å². The first-order valence-electron chi connectivity index (χ1n) is 7.46. The highest BCUT2D eigenvalue weighted by atomic mass is 32.1. The Hall–Kier alpha value is -1.35. The molecule has 0 atom stereocenters. The summed E-state index contributed by atoms with van der Waals surface area (Å²) in [6.07, 6.45) is 2.00. The fourth-order valence-corrected chi connectivity index (χ4v) is 3.12. The predicted molar refractivity (Wildman–Crippen MR) is 93.3 cm³/mol. The van der Waals surface area contributed by atoms with Crippen LogP contribution < -0.4 is 5.32 Å². The van der Waals surface area contributed by atoms with Crippen molar-refractivity contribution in [1.82, 2.24) is 4.98 Å². The molecule has 2 rings (SSSR count). The third-order valence-corrected chi connectivity index (χ3v) is 4.81. The molecule has 0 fully saturated rings. The van der Waals surface area contributed by atoms with Gasteiger partial charge in [-0.25, -0.2) is 4.98 Å². The van der Waals surface area contributed by atoms with Crippen LogP contribution in [0.5, 0.6) is 0 Å². The van der Waals surface area contributed by atoms with Crippen molar-refractivity contribution in [2.75, 3.05) is 5.32 Å². The molecule has 0 saturated heterocycles. The lowest BCUT2D eigenvalue weighted by Gasteiger charge is -2.23. The molecule has 1 N–H and O–H groups in total. The van der Waals surface area contributed by atoms with E-state index in [2.05, 4.69) is 76.1 Å². The second-order valence-electron chi connectivity index (χ2n) is 7.53. The maximum atomic E-state index is 4.55. The van der Waals surface area contributed by atoms with Crippen molar-refractivity contribution in [3.8, 4) is 0 Å². The average molecular weight is 302 g/mol. The van der Waals surface area contributed by atoms with Crippen LogP contribution in [0.3, 0.4) is 0 Å². The minimum absolute atomic E-state index is 0.131. The maximum absolute atomic E-state index is 4.55. The molecule has 1 heterocycles. The number of hydrogen-bond acceptors (Lipinski definition) is 3. The summed E-state index contributed by atoms with van der Waals surface area (Å²) in [5, 5.41) is 4.77. The van der Waals surface area contributed by atoms with Gasteiger partial charge in [0.1, 0.15) is 0 Å². The van der Waals surface area contributed by atoms with Crippen LogP contribution in [0.2, 0.25) is 0 Å². The molecule has 21 heavy (non-hydrogen) atoms. The van der Waals surface area contributed by atoms with Crippen molar-refractivity contribution in [3.05, 3.63) is 45.9 Å². The second kappa shape index (κ2) is 5.80. The Morgan fingerprint density at radius 3 is 2.24 bits per heavy atom. The molecule has 0 unspecified atom stereocenters. The maximum Gasteiger partial charge on any atom is 0.0981 e. The zero-order valence-corrected chi connectivity index (χ0v) is 14.8. The van der Waals surface area contributed by atoms with Crippen LogP contribution in [-0.2, 0) is 17.4 Å². The van der Waals surface area contributed by atoms with E-state index in [-0.39, 0.29) is 10.8 Å². The minimum Gasteiger partial charge on any atom is -0.380 e. The summed E-state index contributed by atoms with van der Waals surface area (Å²) < 4.78 is 0. The molecule has 0 aliphatic heterocycles. The first-order valence-corrected chi connectivity index (χ1v) is 8.28. The molecule has 0 bridgehead atoms. The van der Waals surface area contributed by atoms with Crippen LogP contribution in [0, 0.1) is 0 Å². The number of nitrogens with one attached hydrogen (secondary N) is 1. The highest BCUT2D eigenvalue weighted by Gasteiger charge is 2.19. The molecule has 0 spiro atoms. The summed E-state index contributed by atoms with van der Waals surface area (Å²) in [6.45, 7) is 14.2. The lowest BCUT2D eigenvalue weighted by molar-refractivity contribution is 0.585. The van der Waals surface area contributed by atoms with Gasteiger partial charge >= 0.3 is 0 Å². The van der Waals surface area contributed by atoms with Crippen molar-refractivity contribution in [2.24, 2.45) is 0 Å². The third kappa shape index (κ3) is 4.07. The molecule has 0 aliphatic carbocycles. The first-order chi connectivity index (χ1) is 9.68. The van der Waals surface area contributed by atoms with Gasteiger partial charge in [-0.2, -0.15) is 0 Å². The van der Waals surface area contributed by atoms with Crippen molar-refractivity contribution < 1.29 is 0 Å². The Morgan fingerprint density at radius 2 is 1.67 bits per heavy atom. The Labute approximate surface area is 132 Å². The summed E-state index contributed by atoms with van der Waals surface area (Å²) in [6, 6.07) is 8.56. The van der Waals surface area contributed by atoms with Crippen LogP contribution in [0.1, 0.15) is 57.0 Å². The summed E-state index contributed by atoms with van der Waals surface area (Å²) in [5.74, 6) is 0. The zero-order chi connectivity index (χ0) is 15.7. The van der Waals surface area contributed by atoms with E-state index in [0.717, 1.165) is 6.54 Å². The van der Waals surface area contributed by atoms with Gasteiger partial charge < -0.3 is 5.32 Å². The fraction of sp³-hybridized carbons (Fsp3) is 0.500. The van der Waals surface area contributed by atoms with Gasteiger partial charge in [0.25, 0.3) is 0 Å². The topological polar surface area (TPSA) is 24.9 Å². The third-order valence-electron chi connectivity index (χ3n) is 3.38. The molecule has 3 heteroatoms. The van der Waals surface area contributed by atoms with Gasteiger partial charge in [0.05, 0.1) is 11.6 Å². The number of thiazole rings is 1. The normalized spacial score (nSPS) is 12.5. The Morgan fingerprint density at radius 1 is 1.00 bits per heavy atom. The summed E-state index contributed by atoms with van der Waals surface area (Å²) in [7, 11) is 0. The zero-order valence-electron chi connectivity index (χ0n) is 13.9. The highest BCUT2D eigenvalue weighted by molar-refractivity contribution is 7.11. The molecular weight excluding hydrogens is 276 g/mol. The first kappa shape index (κ1) is 16.0. The largest absolute Gasteiger partial charge is 0.380 e. The number of benzene rings is 1. The van der Waals surface area contributed by atoms with Gasteiger partial charge in [-0.3, -0.25) is 0 Å². The smallest absolute Gasteiger partial charge is 0.0981 e. The van der Waals surface area contributed by atoms with E-state index in [1.54, 1.807) is 11.3 Å². The lowest BCUT2D eigenvalue weighted by atomic mass is 9.86. The molecule has 0 radical (unpaired) electrons. The fourth-order valence-electron chi connectivity index (χ4n) is 2.21. The van der Waals surface area contributed by atoms with Crippen LogP contribution >= 0.6 is 11.3 Å². The molecule has 1 aromatic carbocycles. The van der Waals surface area contributed by atoms with Gasteiger partial charge in [0.2, 0.25) is 0 Å². The highest BCUT2D eigenvalue weighted by Crippen LogP contribution is 2.31. The van der Waals surface area contributed by atoms with E-state index in [4.69, 9.17) is 0 Å². The Kier molecular flexibility index (Phi) is 4.43. The molecular formula is C18H26N2S. The number of anilines is 1. The molecule has 114 valence electrons. The minimum atomic E-state index is 0.131. The van der Waals surface area contributed by atoms with Crippen LogP contribution in [-0.4, -0.2) is 4.98 Å². The lowest BCUT2D eigenvalue weighted by Crippen LogP contribution is -2.14. The van der Waals surface area contributed by atoms with Crippen LogP contribution in [0.25, 0.3) is 0 Å². The summed E-state index contributed by atoms with van der Waals surface area (Å²) in [4.78, 5) is 5.83. The Bertz CT molecular complexity index is 600. The summed E-state index contributed by atoms with van der Waals surface area (Å²) >= 11 is 1.80. The Balaban J connectivity index is 2.12. The average Bonchev–Trinajstić information content (AvgIpc) is 2.84. The number of hydrogen-bond donors (Lipinski definition) is 1. The molecule has 0 amide bonds. The monoisotopic (exact) mass is 302 g/mol. The van der Waals surface area contributed by atoms with Gasteiger partial charge in [0, 0.05) is 22.2 Å². The molecule has 1 aromatic heterocycles. The molecule has 2 nitrogen and oxygen atoms in total. The van der Waals surface area contributed by atoms with Gasteiger partial charge in [-0.05, 0) is 17.0 Å². The predicted octanol–water partition coefficient (Wildman–Crippen LogP) is 5.35. The summed E-state index contributed by atoms with van der Waals surface area (Å²) in [5.41, 5.74) is 2.85. The van der Waals surface area contributed by atoms with E-state index in [1.807, 2.05) is 6.20 Å². The van der Waals surface area contributed by atoms with E-state index >= 15 is 0 Å². The van der Waals surface area contributed by atoms with Crippen molar-refractivity contribution in [2.45, 2.75) is 58.9 Å². The van der Waals surface area contributed by atoms with Crippen LogP contribution in [0.15, 0.2) is 30.5 Å².